The van der Waals surface area contributed by atoms with Crippen molar-refractivity contribution in [3.63, 3.8) is 0 Å². The van der Waals surface area contributed by atoms with E-state index in [0.717, 1.165) is 55.3 Å². The predicted molar refractivity (Wildman–Crippen MR) is 127 cm³/mol. The summed E-state index contributed by atoms with van der Waals surface area (Å²) in [6, 6.07) is 35.2. The fourth-order valence-corrected chi connectivity index (χ4v) is 4.73. The van der Waals surface area contributed by atoms with Crippen LogP contribution in [-0.4, -0.2) is 0 Å². The van der Waals surface area contributed by atoms with Crippen LogP contribution in [0.3, 0.4) is 0 Å². The molecule has 5 aromatic carbocycles. The summed E-state index contributed by atoms with van der Waals surface area (Å²) in [6.07, 6.45) is 0. The summed E-state index contributed by atoms with van der Waals surface area (Å²) in [5.41, 5.74) is 7.37. The Morgan fingerprint density at radius 3 is 1.41 bits per heavy atom. The SMILES string of the molecule is Fc1cc2c(cc1F)-c1cc3ccccc3cc1C2=C(c1ccccc1)c1ccccc1. The van der Waals surface area contributed by atoms with Crippen molar-refractivity contribution < 1.29 is 8.78 Å². The molecule has 6 rings (SSSR count). The van der Waals surface area contributed by atoms with E-state index < -0.39 is 11.6 Å². The average Bonchev–Trinajstić information content (AvgIpc) is 3.12. The maximum absolute atomic E-state index is 14.5. The second-order valence-electron chi connectivity index (χ2n) is 8.04. The van der Waals surface area contributed by atoms with Gasteiger partial charge in [0.1, 0.15) is 0 Å². The van der Waals surface area contributed by atoms with Crippen LogP contribution in [0.25, 0.3) is 33.0 Å². The second-order valence-corrected chi connectivity index (χ2v) is 8.04. The van der Waals surface area contributed by atoms with Gasteiger partial charge >= 0.3 is 0 Å². The molecule has 0 atom stereocenters. The molecular weight excluding hydrogens is 398 g/mol. The van der Waals surface area contributed by atoms with Crippen LogP contribution in [0.1, 0.15) is 22.3 Å². The molecule has 32 heavy (non-hydrogen) atoms. The van der Waals surface area contributed by atoms with Crippen LogP contribution >= 0.6 is 0 Å². The lowest BCUT2D eigenvalue weighted by atomic mass is 9.88. The fraction of sp³-hybridized carbons (Fsp3) is 0. The third kappa shape index (κ3) is 2.88. The van der Waals surface area contributed by atoms with Crippen LogP contribution < -0.4 is 0 Å². The first kappa shape index (κ1) is 18.7. The molecule has 0 nitrogen and oxygen atoms in total. The normalized spacial score (nSPS) is 12.0. The van der Waals surface area contributed by atoms with E-state index in [2.05, 4.69) is 42.5 Å². The highest BCUT2D eigenvalue weighted by Crippen LogP contribution is 2.50. The first-order valence-electron chi connectivity index (χ1n) is 10.6. The van der Waals surface area contributed by atoms with Gasteiger partial charge in [0.15, 0.2) is 11.6 Å². The number of hydrogen-bond donors (Lipinski definition) is 0. The number of halogens is 2. The van der Waals surface area contributed by atoms with Crippen LogP contribution in [0.5, 0.6) is 0 Å². The van der Waals surface area contributed by atoms with Gasteiger partial charge in [0.2, 0.25) is 0 Å². The zero-order chi connectivity index (χ0) is 21.7. The average molecular weight is 416 g/mol. The Balaban J connectivity index is 1.80. The van der Waals surface area contributed by atoms with E-state index in [4.69, 9.17) is 0 Å². The Morgan fingerprint density at radius 2 is 0.844 bits per heavy atom. The van der Waals surface area contributed by atoms with E-state index >= 15 is 0 Å². The summed E-state index contributed by atoms with van der Waals surface area (Å²) < 4.78 is 28.9. The zero-order valence-electron chi connectivity index (χ0n) is 17.1. The Labute approximate surface area is 185 Å². The highest BCUT2D eigenvalue weighted by atomic mass is 19.2. The van der Waals surface area contributed by atoms with Gasteiger partial charge < -0.3 is 0 Å². The number of fused-ring (bicyclic) bond motifs is 4. The molecule has 0 aromatic heterocycles. The first-order chi connectivity index (χ1) is 15.7. The zero-order valence-corrected chi connectivity index (χ0v) is 17.1. The van der Waals surface area contributed by atoms with Crippen LogP contribution in [0.15, 0.2) is 109 Å². The molecule has 0 bridgehead atoms. The molecule has 1 aliphatic carbocycles. The van der Waals surface area contributed by atoms with Crippen molar-refractivity contribution in [2.45, 2.75) is 0 Å². The number of benzene rings is 5. The lowest BCUT2D eigenvalue weighted by Crippen LogP contribution is -1.95. The first-order valence-corrected chi connectivity index (χ1v) is 10.6. The molecule has 0 fully saturated rings. The summed E-state index contributed by atoms with van der Waals surface area (Å²) in [5.74, 6) is -1.66. The fourth-order valence-electron chi connectivity index (χ4n) is 4.73. The van der Waals surface area contributed by atoms with E-state index in [0.29, 0.717) is 0 Å². The van der Waals surface area contributed by atoms with E-state index in [9.17, 15) is 8.78 Å². The minimum absolute atomic E-state index is 0.719. The van der Waals surface area contributed by atoms with Gasteiger partial charge in [-0.25, -0.2) is 8.78 Å². The lowest BCUT2D eigenvalue weighted by Gasteiger charge is -2.15. The summed E-state index contributed by atoms with van der Waals surface area (Å²) >= 11 is 0. The molecule has 5 aromatic rings. The smallest absolute Gasteiger partial charge is 0.159 e. The molecule has 1 aliphatic rings. The van der Waals surface area contributed by atoms with Crippen molar-refractivity contribution in [3.8, 4) is 11.1 Å². The van der Waals surface area contributed by atoms with Crippen LogP contribution in [0.2, 0.25) is 0 Å². The molecule has 0 heterocycles. The highest BCUT2D eigenvalue weighted by Gasteiger charge is 2.29. The third-order valence-electron chi connectivity index (χ3n) is 6.15. The van der Waals surface area contributed by atoms with Gasteiger partial charge in [-0.2, -0.15) is 0 Å². The monoisotopic (exact) mass is 416 g/mol. The number of hydrogen-bond acceptors (Lipinski definition) is 0. The van der Waals surface area contributed by atoms with Crippen molar-refractivity contribution in [2.75, 3.05) is 0 Å². The van der Waals surface area contributed by atoms with E-state index in [-0.39, 0.29) is 0 Å². The van der Waals surface area contributed by atoms with Gasteiger partial charge in [-0.05, 0) is 79.6 Å². The van der Waals surface area contributed by atoms with E-state index in [1.165, 1.54) is 12.1 Å². The predicted octanol–water partition coefficient (Wildman–Crippen LogP) is 8.11. The minimum Gasteiger partial charge on any atom is -0.204 e. The van der Waals surface area contributed by atoms with Crippen LogP contribution in [0, 0.1) is 11.6 Å². The van der Waals surface area contributed by atoms with Crippen molar-refractivity contribution in [3.05, 3.63) is 143 Å². The molecule has 0 amide bonds. The molecule has 0 unspecified atom stereocenters. The van der Waals surface area contributed by atoms with Crippen molar-refractivity contribution >= 4 is 21.9 Å². The lowest BCUT2D eigenvalue weighted by molar-refractivity contribution is 0.509. The Kier molecular flexibility index (Phi) is 4.26. The molecule has 0 radical (unpaired) electrons. The van der Waals surface area contributed by atoms with Crippen LogP contribution in [0.4, 0.5) is 8.78 Å². The number of rotatable bonds is 2. The molecule has 0 aliphatic heterocycles. The Hall–Kier alpha value is -4.04. The second kappa shape index (κ2) is 7.28. The standard InChI is InChI=1S/C30H18F2/c31-27-17-24-23-15-21-13-7-8-14-22(21)16-25(23)30(26(24)18-28(27)32)29(19-9-3-1-4-10-19)20-11-5-2-6-12-20/h1-18H. The summed E-state index contributed by atoms with van der Waals surface area (Å²) in [5, 5.41) is 2.17. The summed E-state index contributed by atoms with van der Waals surface area (Å²) in [6.45, 7) is 0. The van der Waals surface area contributed by atoms with E-state index in [1.807, 2.05) is 54.6 Å². The maximum Gasteiger partial charge on any atom is 0.159 e. The van der Waals surface area contributed by atoms with Crippen LogP contribution in [-0.2, 0) is 0 Å². The van der Waals surface area contributed by atoms with Gasteiger partial charge in [0.25, 0.3) is 0 Å². The minimum atomic E-state index is -0.834. The molecule has 0 saturated heterocycles. The molecule has 0 N–H and O–H groups in total. The molecule has 152 valence electrons. The van der Waals surface area contributed by atoms with Gasteiger partial charge in [-0.15, -0.1) is 0 Å². The quantitative estimate of drug-likeness (QED) is 0.267. The topological polar surface area (TPSA) is 0 Å². The van der Waals surface area contributed by atoms with Gasteiger partial charge in [-0.1, -0.05) is 84.9 Å². The Bertz CT molecular complexity index is 1470. The molecule has 0 saturated carbocycles. The molecule has 2 heteroatoms. The summed E-state index contributed by atoms with van der Waals surface area (Å²) in [4.78, 5) is 0. The van der Waals surface area contributed by atoms with E-state index in [1.54, 1.807) is 0 Å². The molecule has 0 spiro atoms. The van der Waals surface area contributed by atoms with Crippen molar-refractivity contribution in [2.24, 2.45) is 0 Å². The van der Waals surface area contributed by atoms with Gasteiger partial charge in [-0.3, -0.25) is 0 Å². The highest BCUT2D eigenvalue weighted by molar-refractivity contribution is 6.15. The van der Waals surface area contributed by atoms with Crippen molar-refractivity contribution in [1.82, 2.24) is 0 Å². The maximum atomic E-state index is 14.5. The third-order valence-corrected chi connectivity index (χ3v) is 6.15. The summed E-state index contributed by atoms with van der Waals surface area (Å²) in [7, 11) is 0. The molecular formula is C30H18F2. The van der Waals surface area contributed by atoms with Gasteiger partial charge in [0.05, 0.1) is 0 Å². The van der Waals surface area contributed by atoms with Gasteiger partial charge in [0, 0.05) is 0 Å². The largest absolute Gasteiger partial charge is 0.204 e. The van der Waals surface area contributed by atoms with Crippen molar-refractivity contribution in [1.29, 1.82) is 0 Å². The Morgan fingerprint density at radius 1 is 0.438 bits per heavy atom.